The van der Waals surface area contributed by atoms with Crippen LogP contribution in [0.1, 0.15) is 322 Å². The highest BCUT2D eigenvalue weighted by molar-refractivity contribution is 5.70. The average Bonchev–Trinajstić information content (AvgIpc) is 3.42. The van der Waals surface area contributed by atoms with Gasteiger partial charge < -0.3 is 14.6 Å². The number of hydrogen-bond donors (Lipinski definition) is 1. The Labute approximate surface area is 472 Å². The van der Waals surface area contributed by atoms with Crippen molar-refractivity contribution < 1.29 is 24.2 Å². The van der Waals surface area contributed by atoms with Crippen LogP contribution in [-0.4, -0.2) is 36.4 Å². The Morgan fingerprint density at radius 2 is 0.566 bits per heavy atom. The molecule has 1 unspecified atom stereocenters. The van der Waals surface area contributed by atoms with Crippen LogP contribution in [0.25, 0.3) is 0 Å². The highest BCUT2D eigenvalue weighted by Crippen LogP contribution is 2.17. The van der Waals surface area contributed by atoms with Crippen LogP contribution in [0.3, 0.4) is 0 Å². The summed E-state index contributed by atoms with van der Waals surface area (Å²) in [6.45, 7) is 4.03. The Bertz CT molecular complexity index is 1430. The Hall–Kier alpha value is -3.18. The number of esters is 2. The van der Waals surface area contributed by atoms with E-state index in [2.05, 4.69) is 111 Å². The minimum absolute atomic E-state index is 0.0737. The first kappa shape index (κ1) is 72.8. The minimum atomic E-state index is -0.786. The lowest BCUT2D eigenvalue weighted by Gasteiger charge is -2.15. The molecule has 438 valence electrons. The van der Waals surface area contributed by atoms with Crippen LogP contribution in [0.4, 0.5) is 0 Å². The smallest absolute Gasteiger partial charge is 0.306 e. The van der Waals surface area contributed by atoms with E-state index in [0.29, 0.717) is 12.8 Å². The molecule has 0 heterocycles. The number of carbonyl (C=O) groups is 2. The molecule has 0 amide bonds. The van der Waals surface area contributed by atoms with E-state index in [1.807, 2.05) is 0 Å². The van der Waals surface area contributed by atoms with Crippen LogP contribution >= 0.6 is 0 Å². The van der Waals surface area contributed by atoms with Gasteiger partial charge in [0, 0.05) is 12.8 Å². The van der Waals surface area contributed by atoms with Crippen molar-refractivity contribution in [3.8, 4) is 0 Å². The maximum Gasteiger partial charge on any atom is 0.306 e. The highest BCUT2D eigenvalue weighted by atomic mass is 16.6. The molecule has 0 saturated carbocycles. The Morgan fingerprint density at radius 3 is 0.855 bits per heavy atom. The molecule has 0 bridgehead atoms. The molecule has 76 heavy (non-hydrogen) atoms. The van der Waals surface area contributed by atoms with Gasteiger partial charge >= 0.3 is 11.9 Å². The Kier molecular flexibility index (Phi) is 63.3. The molecule has 5 heteroatoms. The predicted molar refractivity (Wildman–Crippen MR) is 334 cm³/mol. The van der Waals surface area contributed by atoms with Gasteiger partial charge in [-0.05, 0) is 96.3 Å². The molecule has 0 saturated heterocycles. The molecule has 1 N–H and O–H groups in total. The maximum absolute atomic E-state index is 12.3. The van der Waals surface area contributed by atoms with Gasteiger partial charge in [0.1, 0.15) is 6.61 Å². The second kappa shape index (κ2) is 66.1. The lowest BCUT2D eigenvalue weighted by atomic mass is 10.0. The van der Waals surface area contributed by atoms with Crippen LogP contribution in [-0.2, 0) is 19.1 Å². The van der Waals surface area contributed by atoms with Crippen LogP contribution in [0.15, 0.2) is 97.2 Å². The van der Waals surface area contributed by atoms with E-state index in [0.717, 1.165) is 89.9 Å². The molecular weight excluding hydrogens is 933 g/mol. The molecule has 0 aliphatic rings. The summed E-state index contributed by atoms with van der Waals surface area (Å²) in [5.41, 5.74) is 0. The third kappa shape index (κ3) is 63.4. The third-order valence-corrected chi connectivity index (χ3v) is 14.4. The molecule has 0 rings (SSSR count). The SMILES string of the molecule is CC/C=C\C/C=C\C/C=C\C/C=C\C/C=C\C/C=C\CCCCCCCCC(=O)OC(CO)COC(=O)CCCCCCCCCCCCCCCCCCCCCCCCCCC/C=C\C/C=C\CCCCCCC. The number of unbranched alkanes of at least 4 members (excludes halogenated alkanes) is 36. The Balaban J connectivity index is 3.45. The van der Waals surface area contributed by atoms with E-state index in [4.69, 9.17) is 9.47 Å². The van der Waals surface area contributed by atoms with E-state index in [-0.39, 0.29) is 25.2 Å². The van der Waals surface area contributed by atoms with Gasteiger partial charge in [-0.25, -0.2) is 0 Å². The average molecular weight is 1060 g/mol. The van der Waals surface area contributed by atoms with Crippen molar-refractivity contribution in [1.82, 2.24) is 0 Å². The van der Waals surface area contributed by atoms with Crippen molar-refractivity contribution in [3.05, 3.63) is 97.2 Å². The predicted octanol–water partition coefficient (Wildman–Crippen LogP) is 22.6. The van der Waals surface area contributed by atoms with E-state index in [9.17, 15) is 14.7 Å². The zero-order chi connectivity index (χ0) is 54.8. The lowest BCUT2D eigenvalue weighted by Crippen LogP contribution is -2.28. The molecule has 0 aromatic rings. The highest BCUT2D eigenvalue weighted by Gasteiger charge is 2.16. The van der Waals surface area contributed by atoms with Gasteiger partial charge in [-0.15, -0.1) is 0 Å². The maximum atomic E-state index is 12.3. The van der Waals surface area contributed by atoms with Gasteiger partial charge in [0.2, 0.25) is 0 Å². The zero-order valence-corrected chi connectivity index (χ0v) is 50.3. The van der Waals surface area contributed by atoms with Gasteiger partial charge in [-0.2, -0.15) is 0 Å². The van der Waals surface area contributed by atoms with Crippen LogP contribution in [0.2, 0.25) is 0 Å². The van der Waals surface area contributed by atoms with E-state index in [1.54, 1.807) is 0 Å². The zero-order valence-electron chi connectivity index (χ0n) is 50.3. The standard InChI is InChI=1S/C71H124O5/c1-3-5-7-9-11-13-15-17-19-21-23-25-27-29-30-31-32-33-34-35-36-37-38-39-40-42-43-45-47-49-51-53-55-57-59-61-63-65-70(73)75-68-69(67-72)76-71(74)66-64-62-60-58-56-54-52-50-48-46-44-41-28-26-24-22-20-18-16-14-12-10-8-6-4-2/h6,8,12,14-15,17-18,20-21,23-24,26,41,44,48,50,69,72H,3-5,7,9-11,13,16,19,22,25,27-40,42-43,45-47,49,51-68H2,1-2H3/b8-6-,14-12-,17-15-,20-18-,23-21-,26-24-,44-41-,50-48-. The molecule has 0 aliphatic heterocycles. The van der Waals surface area contributed by atoms with Crippen LogP contribution in [0, 0.1) is 0 Å². The van der Waals surface area contributed by atoms with E-state index >= 15 is 0 Å². The lowest BCUT2D eigenvalue weighted by molar-refractivity contribution is -0.161. The number of aliphatic hydroxyl groups is 1. The normalized spacial score (nSPS) is 12.8. The minimum Gasteiger partial charge on any atom is -0.462 e. The third-order valence-electron chi connectivity index (χ3n) is 14.4. The van der Waals surface area contributed by atoms with Crippen molar-refractivity contribution in [1.29, 1.82) is 0 Å². The van der Waals surface area contributed by atoms with Crippen molar-refractivity contribution >= 4 is 11.9 Å². The van der Waals surface area contributed by atoms with E-state index in [1.165, 1.54) is 205 Å². The number of ether oxygens (including phenoxy) is 2. The molecule has 5 nitrogen and oxygen atoms in total. The first-order valence-electron chi connectivity index (χ1n) is 32.8. The molecule has 1 atom stereocenters. The summed E-state index contributed by atoms with van der Waals surface area (Å²) in [5.74, 6) is -0.600. The summed E-state index contributed by atoms with van der Waals surface area (Å²) in [7, 11) is 0. The quantitative estimate of drug-likeness (QED) is 0.0373. The van der Waals surface area contributed by atoms with Crippen molar-refractivity contribution in [2.24, 2.45) is 0 Å². The van der Waals surface area contributed by atoms with Crippen molar-refractivity contribution in [2.45, 2.75) is 328 Å². The summed E-state index contributed by atoms with van der Waals surface area (Å²) >= 11 is 0. The molecule has 0 radical (unpaired) electrons. The Morgan fingerprint density at radius 1 is 0.316 bits per heavy atom. The molecule has 0 spiro atoms. The number of aliphatic hydroxyl groups excluding tert-OH is 1. The summed E-state index contributed by atoms with van der Waals surface area (Å²) in [6, 6.07) is 0. The fraction of sp³-hybridized carbons (Fsp3) is 0.746. The molecule has 0 aliphatic carbocycles. The second-order valence-corrected chi connectivity index (χ2v) is 21.8. The monoisotopic (exact) mass is 1060 g/mol. The number of carbonyl (C=O) groups excluding carboxylic acids is 2. The van der Waals surface area contributed by atoms with Gasteiger partial charge in [-0.3, -0.25) is 9.59 Å². The summed E-state index contributed by atoms with van der Waals surface area (Å²) in [6.07, 6.45) is 94.2. The molecule has 0 fully saturated rings. The number of hydrogen-bond acceptors (Lipinski definition) is 5. The first-order valence-corrected chi connectivity index (χ1v) is 32.8. The number of rotatable bonds is 60. The topological polar surface area (TPSA) is 72.8 Å². The van der Waals surface area contributed by atoms with Crippen molar-refractivity contribution in [3.63, 3.8) is 0 Å². The fourth-order valence-corrected chi connectivity index (χ4v) is 9.47. The summed E-state index contributed by atoms with van der Waals surface area (Å²) in [5, 5.41) is 9.68. The van der Waals surface area contributed by atoms with Gasteiger partial charge in [0.05, 0.1) is 6.61 Å². The number of allylic oxidation sites excluding steroid dienone is 16. The van der Waals surface area contributed by atoms with Crippen molar-refractivity contribution in [2.75, 3.05) is 13.2 Å². The first-order chi connectivity index (χ1) is 37.6. The molecule has 0 aromatic heterocycles. The fourth-order valence-electron chi connectivity index (χ4n) is 9.47. The van der Waals surface area contributed by atoms with Gasteiger partial charge in [0.25, 0.3) is 0 Å². The second-order valence-electron chi connectivity index (χ2n) is 21.8. The molecular formula is C71H124O5. The van der Waals surface area contributed by atoms with Gasteiger partial charge in [-0.1, -0.05) is 310 Å². The van der Waals surface area contributed by atoms with E-state index < -0.39 is 6.10 Å². The summed E-state index contributed by atoms with van der Waals surface area (Å²) in [4.78, 5) is 24.6. The largest absolute Gasteiger partial charge is 0.462 e. The summed E-state index contributed by atoms with van der Waals surface area (Å²) < 4.78 is 10.7. The van der Waals surface area contributed by atoms with Crippen LogP contribution in [0.5, 0.6) is 0 Å². The molecule has 0 aromatic carbocycles. The van der Waals surface area contributed by atoms with Crippen LogP contribution < -0.4 is 0 Å². The van der Waals surface area contributed by atoms with Gasteiger partial charge in [0.15, 0.2) is 6.10 Å².